The normalized spacial score (nSPS) is 16.3. The van der Waals surface area contributed by atoms with Crippen LogP contribution in [0.3, 0.4) is 0 Å². The van der Waals surface area contributed by atoms with Gasteiger partial charge in [0.2, 0.25) is 0 Å². The minimum Gasteiger partial charge on any atom is -0.455 e. The highest BCUT2D eigenvalue weighted by atomic mass is 16.3. The van der Waals surface area contributed by atoms with Crippen molar-refractivity contribution < 1.29 is 25.0 Å². The fraction of sp³-hybridized carbons (Fsp3) is 0. The van der Waals surface area contributed by atoms with E-state index in [0.717, 1.165) is 27.1 Å². The van der Waals surface area contributed by atoms with E-state index in [4.69, 9.17) is 16.8 Å². The first-order chi connectivity index (χ1) is 29.6. The van der Waals surface area contributed by atoms with E-state index in [2.05, 4.69) is 0 Å². The zero-order valence-electron chi connectivity index (χ0n) is 39.4. The standard InChI is InChI=1S/C46H28O/c1-2-13-31-27-34(24-23-29(31)11-1)44-39-19-7-5-17-37(39)43(38-18-6-8-20-40(38)44)33-15-9-14-32(28-33)35-21-10-22-42-45(35)41-26-25-30-12-3-4-16-36(30)46(41)47-42/h1-28H/i1D,2D,5D,6D,7D,8D,11D,13D,17D,18D,19D,20D,23D,24D,27D. The quantitative estimate of drug-likeness (QED) is 0.181. The van der Waals surface area contributed by atoms with Gasteiger partial charge >= 0.3 is 0 Å². The fourth-order valence-electron chi connectivity index (χ4n) is 6.71. The molecule has 9 aromatic carbocycles. The fourth-order valence-corrected chi connectivity index (χ4v) is 6.71. The molecule has 0 unspecified atom stereocenters. The number of hydrogen-bond donors (Lipinski definition) is 0. The predicted octanol–water partition coefficient (Wildman–Crippen LogP) is 13.2. The van der Waals surface area contributed by atoms with Crippen LogP contribution in [0, 0.1) is 0 Å². The average molecular weight is 612 g/mol. The van der Waals surface area contributed by atoms with Crippen molar-refractivity contribution in [3.8, 4) is 33.4 Å². The lowest BCUT2D eigenvalue weighted by molar-refractivity contribution is 0.673. The van der Waals surface area contributed by atoms with Gasteiger partial charge in [0.15, 0.2) is 0 Å². The summed E-state index contributed by atoms with van der Waals surface area (Å²) in [5.41, 5.74) is 2.21. The van der Waals surface area contributed by atoms with Crippen LogP contribution in [-0.4, -0.2) is 0 Å². The average Bonchev–Trinajstić information content (AvgIpc) is 3.67. The minimum absolute atomic E-state index is 0.0293. The minimum atomic E-state index is -0.738. The van der Waals surface area contributed by atoms with E-state index in [9.17, 15) is 8.22 Å². The Morgan fingerprint density at radius 1 is 0.426 bits per heavy atom. The van der Waals surface area contributed by atoms with E-state index >= 15 is 0 Å². The molecule has 0 atom stereocenters. The molecule has 0 saturated heterocycles. The van der Waals surface area contributed by atoms with Gasteiger partial charge in [0, 0.05) is 16.2 Å². The summed E-state index contributed by atoms with van der Waals surface area (Å²) < 4.78 is 141. The number of benzene rings is 9. The van der Waals surface area contributed by atoms with Crippen molar-refractivity contribution in [3.05, 3.63) is 169 Å². The van der Waals surface area contributed by atoms with Crippen LogP contribution in [-0.2, 0) is 0 Å². The van der Waals surface area contributed by atoms with E-state index in [1.807, 2.05) is 60.7 Å². The molecular formula is C46H28O. The van der Waals surface area contributed by atoms with E-state index in [1.54, 1.807) is 18.2 Å². The maximum absolute atomic E-state index is 9.46. The van der Waals surface area contributed by atoms with Gasteiger partial charge < -0.3 is 4.42 Å². The van der Waals surface area contributed by atoms with Gasteiger partial charge in [-0.2, -0.15) is 0 Å². The van der Waals surface area contributed by atoms with Gasteiger partial charge in [-0.05, 0) is 95.3 Å². The molecule has 47 heavy (non-hydrogen) atoms. The molecule has 10 rings (SSSR count). The van der Waals surface area contributed by atoms with E-state index in [1.165, 1.54) is 0 Å². The van der Waals surface area contributed by atoms with Crippen molar-refractivity contribution in [2.24, 2.45) is 0 Å². The summed E-state index contributed by atoms with van der Waals surface area (Å²) in [6.45, 7) is 0. The predicted molar refractivity (Wildman–Crippen MR) is 200 cm³/mol. The van der Waals surface area contributed by atoms with E-state index < -0.39 is 107 Å². The first-order valence-corrected chi connectivity index (χ1v) is 15.0. The molecule has 218 valence electrons. The summed E-state index contributed by atoms with van der Waals surface area (Å²) in [7, 11) is 0. The van der Waals surface area contributed by atoms with Crippen molar-refractivity contribution in [3.63, 3.8) is 0 Å². The van der Waals surface area contributed by atoms with Crippen LogP contribution in [0.15, 0.2) is 174 Å². The Kier molecular flexibility index (Phi) is 3.33. The zero-order valence-corrected chi connectivity index (χ0v) is 24.4. The second-order valence-corrected chi connectivity index (χ2v) is 11.3. The Balaban J connectivity index is 1.39. The lowest BCUT2D eigenvalue weighted by Crippen LogP contribution is -1.91. The molecule has 1 heterocycles. The van der Waals surface area contributed by atoms with E-state index in [0.29, 0.717) is 22.3 Å². The van der Waals surface area contributed by atoms with Gasteiger partial charge in [-0.3, -0.25) is 0 Å². The van der Waals surface area contributed by atoms with Gasteiger partial charge in [0.25, 0.3) is 0 Å². The number of hydrogen-bond acceptors (Lipinski definition) is 1. The first kappa shape index (κ1) is 15.4. The summed E-state index contributed by atoms with van der Waals surface area (Å²) in [6.07, 6.45) is 0. The molecule has 0 saturated carbocycles. The monoisotopic (exact) mass is 611 g/mol. The molecule has 0 aliphatic rings. The van der Waals surface area contributed by atoms with Crippen LogP contribution < -0.4 is 0 Å². The second kappa shape index (κ2) is 10.2. The highest BCUT2D eigenvalue weighted by Gasteiger charge is 2.19. The maximum Gasteiger partial charge on any atom is 0.143 e. The molecular weight excluding hydrogens is 569 g/mol. The van der Waals surface area contributed by atoms with Crippen LogP contribution in [0.25, 0.3) is 98.4 Å². The van der Waals surface area contributed by atoms with Crippen molar-refractivity contribution in [2.45, 2.75) is 0 Å². The highest BCUT2D eigenvalue weighted by Crippen LogP contribution is 2.45. The number of rotatable bonds is 3. The number of furan rings is 1. The van der Waals surface area contributed by atoms with Crippen molar-refractivity contribution in [1.29, 1.82) is 0 Å². The van der Waals surface area contributed by atoms with Gasteiger partial charge in [-0.15, -0.1) is 0 Å². The van der Waals surface area contributed by atoms with Gasteiger partial charge in [0.05, 0.1) is 20.6 Å². The molecule has 0 N–H and O–H groups in total. The Labute approximate surface area is 293 Å². The lowest BCUT2D eigenvalue weighted by atomic mass is 9.85. The zero-order chi connectivity index (χ0) is 44.0. The van der Waals surface area contributed by atoms with Gasteiger partial charge in [0.1, 0.15) is 11.2 Å². The molecule has 0 aliphatic heterocycles. The molecule has 1 heteroatoms. The third-order valence-electron chi connectivity index (χ3n) is 8.72. The molecule has 0 fully saturated rings. The van der Waals surface area contributed by atoms with Crippen LogP contribution in [0.1, 0.15) is 20.6 Å². The smallest absolute Gasteiger partial charge is 0.143 e. The van der Waals surface area contributed by atoms with Crippen LogP contribution in [0.4, 0.5) is 0 Å². The molecule has 1 aromatic heterocycles. The molecule has 1 nitrogen and oxygen atoms in total. The van der Waals surface area contributed by atoms with E-state index in [-0.39, 0.29) is 32.7 Å². The van der Waals surface area contributed by atoms with Crippen molar-refractivity contribution in [2.75, 3.05) is 0 Å². The topological polar surface area (TPSA) is 13.1 Å². The summed E-state index contributed by atoms with van der Waals surface area (Å²) in [5.74, 6) is 0. The maximum atomic E-state index is 9.46. The third kappa shape index (κ3) is 3.97. The van der Waals surface area contributed by atoms with Crippen LogP contribution in [0.2, 0.25) is 0 Å². The van der Waals surface area contributed by atoms with Crippen molar-refractivity contribution in [1.82, 2.24) is 0 Å². The largest absolute Gasteiger partial charge is 0.455 e. The first-order valence-electron chi connectivity index (χ1n) is 22.5. The van der Waals surface area contributed by atoms with Gasteiger partial charge in [-0.1, -0.05) is 145 Å². The molecule has 10 aromatic rings. The summed E-state index contributed by atoms with van der Waals surface area (Å²) in [6, 6.07) is 14.5. The summed E-state index contributed by atoms with van der Waals surface area (Å²) >= 11 is 0. The summed E-state index contributed by atoms with van der Waals surface area (Å²) in [5, 5.41) is 1.80. The Hall–Kier alpha value is -6.18. The molecule has 0 spiro atoms. The van der Waals surface area contributed by atoms with Crippen LogP contribution in [0.5, 0.6) is 0 Å². The lowest BCUT2D eigenvalue weighted by Gasteiger charge is -2.18. The molecule has 0 amide bonds. The highest BCUT2D eigenvalue weighted by molar-refractivity contribution is 6.22. The molecule has 0 radical (unpaired) electrons. The molecule has 0 bridgehead atoms. The Morgan fingerprint density at radius 3 is 1.87 bits per heavy atom. The SMILES string of the molecule is [2H]c1c([2H])c([2H])c2c([2H])c(-c3c4c([2H])c([2H])c([2H])c([2H])c4c(-c4cccc(-c5cccc6oc7c8ccccc8ccc7c56)c4)c4c([2H])c([2H])c([2H])c([2H])c34)c([2H])c([2H])c2c1[2H]. The molecule has 0 aliphatic carbocycles. The van der Waals surface area contributed by atoms with Crippen molar-refractivity contribution >= 4 is 65.0 Å². The Bertz CT molecular complexity index is 3620. The summed E-state index contributed by atoms with van der Waals surface area (Å²) in [4.78, 5) is 0. The Morgan fingerprint density at radius 2 is 1.09 bits per heavy atom. The van der Waals surface area contributed by atoms with Crippen LogP contribution >= 0.6 is 0 Å². The number of fused-ring (bicyclic) bond motifs is 8. The third-order valence-corrected chi connectivity index (χ3v) is 8.72. The van der Waals surface area contributed by atoms with Gasteiger partial charge in [-0.25, -0.2) is 0 Å². The second-order valence-electron chi connectivity index (χ2n) is 11.3.